The average molecular weight is 412 g/mol. The largest absolute Gasteiger partial charge is 0.507 e. The van der Waals surface area contributed by atoms with Gasteiger partial charge in [-0.15, -0.1) is 0 Å². The summed E-state index contributed by atoms with van der Waals surface area (Å²) in [6.45, 7) is 0. The summed E-state index contributed by atoms with van der Waals surface area (Å²) in [6, 6.07) is 12.2. The third kappa shape index (κ3) is 2.28. The van der Waals surface area contributed by atoms with E-state index in [-0.39, 0.29) is 11.3 Å². The van der Waals surface area contributed by atoms with Gasteiger partial charge in [0, 0.05) is 15.4 Å². The first-order chi connectivity index (χ1) is 12.4. The maximum absolute atomic E-state index is 13.0. The van der Waals surface area contributed by atoms with Gasteiger partial charge in [0.1, 0.15) is 11.3 Å². The Morgan fingerprint density at radius 1 is 0.962 bits per heavy atom. The van der Waals surface area contributed by atoms with Crippen molar-refractivity contribution >= 4 is 50.2 Å². The second-order valence-electron chi connectivity index (χ2n) is 5.81. The van der Waals surface area contributed by atoms with Crippen LogP contribution in [-0.4, -0.2) is 28.0 Å². The van der Waals surface area contributed by atoms with E-state index in [1.807, 2.05) is 12.1 Å². The molecule has 0 bridgehead atoms. The Morgan fingerprint density at radius 2 is 1.69 bits per heavy atom. The molecular formula is C19H10BrNO5. The minimum Gasteiger partial charge on any atom is -0.507 e. The number of hydrogen-bond acceptors (Lipinski definition) is 4. The van der Waals surface area contributed by atoms with Crippen molar-refractivity contribution in [2.45, 2.75) is 0 Å². The fraction of sp³-hybridized carbons (Fsp3) is 0. The van der Waals surface area contributed by atoms with Crippen molar-refractivity contribution in [1.29, 1.82) is 0 Å². The molecule has 0 spiro atoms. The van der Waals surface area contributed by atoms with E-state index in [0.29, 0.717) is 21.0 Å². The number of benzene rings is 3. The molecule has 3 aromatic rings. The smallest absolute Gasteiger partial charge is 0.339 e. The van der Waals surface area contributed by atoms with Gasteiger partial charge in [-0.3, -0.25) is 9.59 Å². The first-order valence-electron chi connectivity index (χ1n) is 7.56. The molecule has 6 nitrogen and oxygen atoms in total. The van der Waals surface area contributed by atoms with Crippen LogP contribution >= 0.6 is 15.9 Å². The number of nitrogens with zero attached hydrogens (tertiary/aromatic N) is 1. The number of halogens is 1. The van der Waals surface area contributed by atoms with E-state index in [1.54, 1.807) is 18.2 Å². The Balaban J connectivity index is 1.96. The van der Waals surface area contributed by atoms with Gasteiger partial charge < -0.3 is 10.2 Å². The lowest BCUT2D eigenvalue weighted by Gasteiger charge is -2.27. The Hall–Kier alpha value is -3.19. The van der Waals surface area contributed by atoms with Gasteiger partial charge in [0.2, 0.25) is 0 Å². The van der Waals surface area contributed by atoms with Gasteiger partial charge in [-0.2, -0.15) is 0 Å². The monoisotopic (exact) mass is 411 g/mol. The Kier molecular flexibility index (Phi) is 3.55. The number of phenols is 1. The van der Waals surface area contributed by atoms with Gasteiger partial charge >= 0.3 is 5.97 Å². The number of anilines is 1. The molecule has 0 saturated carbocycles. The molecule has 0 saturated heterocycles. The predicted octanol–water partition coefficient (Wildman–Crippen LogP) is 3.81. The Morgan fingerprint density at radius 3 is 2.42 bits per heavy atom. The summed E-state index contributed by atoms with van der Waals surface area (Å²) in [5, 5.41) is 20.2. The van der Waals surface area contributed by atoms with E-state index < -0.39 is 23.5 Å². The zero-order chi connectivity index (χ0) is 18.6. The molecule has 1 aliphatic rings. The van der Waals surface area contributed by atoms with Crippen LogP contribution in [0.5, 0.6) is 5.75 Å². The molecule has 7 heteroatoms. The van der Waals surface area contributed by atoms with E-state index in [1.165, 1.54) is 6.07 Å². The number of hydrogen-bond donors (Lipinski definition) is 2. The molecule has 0 aromatic heterocycles. The average Bonchev–Trinajstić information content (AvgIpc) is 2.60. The highest BCUT2D eigenvalue weighted by atomic mass is 79.9. The third-order valence-corrected chi connectivity index (χ3v) is 4.74. The minimum absolute atomic E-state index is 0.0813. The Labute approximate surface area is 155 Å². The second-order valence-corrected chi connectivity index (χ2v) is 6.73. The van der Waals surface area contributed by atoms with Crippen LogP contribution in [0.3, 0.4) is 0 Å². The van der Waals surface area contributed by atoms with Crippen LogP contribution in [0.4, 0.5) is 5.69 Å². The molecule has 1 heterocycles. The van der Waals surface area contributed by atoms with E-state index in [4.69, 9.17) is 0 Å². The SMILES string of the molecule is O=C(O)c1cc(N2C(=O)c3cccc4cc(Br)cc(c34)C2=O)ccc1O. The van der Waals surface area contributed by atoms with Crippen molar-refractivity contribution in [3.8, 4) is 5.75 Å². The fourth-order valence-corrected chi connectivity index (χ4v) is 3.62. The summed E-state index contributed by atoms with van der Waals surface area (Å²) in [4.78, 5) is 38.1. The van der Waals surface area contributed by atoms with Crippen LogP contribution < -0.4 is 4.90 Å². The molecule has 26 heavy (non-hydrogen) atoms. The van der Waals surface area contributed by atoms with Crippen molar-refractivity contribution in [3.05, 3.63) is 69.7 Å². The van der Waals surface area contributed by atoms with Crippen molar-refractivity contribution < 1.29 is 24.6 Å². The molecule has 0 unspecified atom stereocenters. The number of rotatable bonds is 2. The lowest BCUT2D eigenvalue weighted by atomic mass is 9.93. The molecule has 2 amide bonds. The molecule has 1 aliphatic heterocycles. The maximum atomic E-state index is 13.0. The summed E-state index contributed by atoms with van der Waals surface area (Å²) in [5.41, 5.74) is 0.392. The standard InChI is InChI=1S/C19H10BrNO5/c20-10-6-9-2-1-3-12-16(9)14(7-10)18(24)21(17(12)23)11-4-5-15(22)13(8-11)19(25)26/h1-8,22H,(H,25,26). The van der Waals surface area contributed by atoms with Gasteiger partial charge in [0.05, 0.1) is 11.3 Å². The molecule has 128 valence electrons. The van der Waals surface area contributed by atoms with E-state index in [2.05, 4.69) is 15.9 Å². The van der Waals surface area contributed by atoms with E-state index >= 15 is 0 Å². The van der Waals surface area contributed by atoms with E-state index in [9.17, 15) is 24.6 Å². The number of aromatic carboxylic acids is 1. The first kappa shape index (κ1) is 16.3. The highest BCUT2D eigenvalue weighted by molar-refractivity contribution is 9.10. The third-order valence-electron chi connectivity index (χ3n) is 4.28. The van der Waals surface area contributed by atoms with Gasteiger partial charge in [-0.1, -0.05) is 28.1 Å². The van der Waals surface area contributed by atoms with Crippen LogP contribution in [-0.2, 0) is 0 Å². The summed E-state index contributed by atoms with van der Waals surface area (Å²) in [5.74, 6) is -2.89. The van der Waals surface area contributed by atoms with Crippen molar-refractivity contribution in [2.75, 3.05) is 4.90 Å². The number of amides is 2. The minimum atomic E-state index is -1.36. The van der Waals surface area contributed by atoms with Gasteiger partial charge in [0.25, 0.3) is 11.8 Å². The van der Waals surface area contributed by atoms with Crippen molar-refractivity contribution in [2.24, 2.45) is 0 Å². The molecule has 0 radical (unpaired) electrons. The lowest BCUT2D eigenvalue weighted by molar-refractivity contribution is 0.0692. The van der Waals surface area contributed by atoms with Crippen LogP contribution in [0, 0.1) is 0 Å². The second kappa shape index (κ2) is 5.67. The van der Waals surface area contributed by atoms with Gasteiger partial charge in [0.15, 0.2) is 0 Å². The van der Waals surface area contributed by atoms with Crippen LogP contribution in [0.15, 0.2) is 53.0 Å². The zero-order valence-corrected chi connectivity index (χ0v) is 14.6. The summed E-state index contributed by atoms with van der Waals surface area (Å²) >= 11 is 3.37. The molecular weight excluding hydrogens is 402 g/mol. The molecule has 2 N–H and O–H groups in total. The fourth-order valence-electron chi connectivity index (χ4n) is 3.14. The quantitative estimate of drug-likeness (QED) is 0.625. The first-order valence-corrected chi connectivity index (χ1v) is 8.35. The number of carbonyl (C=O) groups excluding carboxylic acids is 2. The van der Waals surface area contributed by atoms with Crippen LogP contribution in [0.2, 0.25) is 0 Å². The molecule has 0 atom stereocenters. The number of carboxylic acids is 1. The number of carbonyl (C=O) groups is 3. The number of imide groups is 1. The molecule has 4 rings (SSSR count). The van der Waals surface area contributed by atoms with Gasteiger partial charge in [-0.25, -0.2) is 9.69 Å². The van der Waals surface area contributed by atoms with Crippen LogP contribution in [0.25, 0.3) is 10.8 Å². The molecule has 3 aromatic carbocycles. The summed E-state index contributed by atoms with van der Waals surface area (Å²) in [6.07, 6.45) is 0. The van der Waals surface area contributed by atoms with E-state index in [0.717, 1.165) is 22.4 Å². The number of carboxylic acid groups (broad SMARTS) is 1. The number of aromatic hydroxyl groups is 1. The topological polar surface area (TPSA) is 94.9 Å². The predicted molar refractivity (Wildman–Crippen MR) is 97.9 cm³/mol. The normalized spacial score (nSPS) is 13.3. The summed E-state index contributed by atoms with van der Waals surface area (Å²) in [7, 11) is 0. The molecule has 0 aliphatic carbocycles. The lowest BCUT2D eigenvalue weighted by Crippen LogP contribution is -2.40. The highest BCUT2D eigenvalue weighted by Gasteiger charge is 2.34. The Bertz CT molecular complexity index is 1140. The summed E-state index contributed by atoms with van der Waals surface area (Å²) < 4.78 is 0.691. The van der Waals surface area contributed by atoms with Crippen molar-refractivity contribution in [3.63, 3.8) is 0 Å². The van der Waals surface area contributed by atoms with Crippen molar-refractivity contribution in [1.82, 2.24) is 0 Å². The van der Waals surface area contributed by atoms with Crippen LogP contribution in [0.1, 0.15) is 31.1 Å². The maximum Gasteiger partial charge on any atom is 0.339 e. The highest BCUT2D eigenvalue weighted by Crippen LogP contribution is 2.35. The zero-order valence-electron chi connectivity index (χ0n) is 13.1. The molecule has 0 fully saturated rings. The van der Waals surface area contributed by atoms with Gasteiger partial charge in [-0.05, 0) is 41.8 Å².